The number of hydrogen-bond acceptors (Lipinski definition) is 10. The largest absolute Gasteiger partial charge is 0.488 e. The highest BCUT2D eigenvalue weighted by Gasteiger charge is 2.38. The summed E-state index contributed by atoms with van der Waals surface area (Å²) < 4.78 is 55.8. The number of aromatic nitrogens is 4. The summed E-state index contributed by atoms with van der Waals surface area (Å²) in [4.78, 5) is 17.6. The Morgan fingerprint density at radius 2 is 1.96 bits per heavy atom. The van der Waals surface area contributed by atoms with Gasteiger partial charge in [0.1, 0.15) is 35.2 Å². The smallest absolute Gasteiger partial charge is 0.221 e. The highest BCUT2D eigenvalue weighted by Crippen LogP contribution is 2.37. The maximum Gasteiger partial charge on any atom is 0.221 e. The number of halogens is 2. The van der Waals surface area contributed by atoms with Crippen molar-refractivity contribution in [2.24, 2.45) is 0 Å². The minimum atomic E-state index is -2.51. The second-order valence-electron chi connectivity index (χ2n) is 10.1. The Morgan fingerprint density at radius 3 is 2.71 bits per heavy atom. The first-order valence-electron chi connectivity index (χ1n) is 13.7. The zero-order chi connectivity index (χ0) is 31.2. The Morgan fingerprint density at radius 1 is 1.04 bits per heavy atom. The van der Waals surface area contributed by atoms with Gasteiger partial charge in [-0.3, -0.25) is 9.97 Å². The number of nitrogens with one attached hydrogen (secondary N) is 1. The number of anilines is 2. The fraction of sp³-hybridized carbons (Fsp3) is 0.156. The summed E-state index contributed by atoms with van der Waals surface area (Å²) in [5.41, 5.74) is 1.98. The molecule has 0 saturated heterocycles. The summed E-state index contributed by atoms with van der Waals surface area (Å²) in [6, 6.07) is 18.6. The van der Waals surface area contributed by atoms with Gasteiger partial charge >= 0.3 is 0 Å². The van der Waals surface area contributed by atoms with Gasteiger partial charge in [-0.05, 0) is 76.1 Å². The number of pyridine rings is 2. The van der Waals surface area contributed by atoms with Crippen molar-refractivity contribution in [3.8, 4) is 5.75 Å². The number of hydrogen-bond donors (Lipinski definition) is 1. The number of ether oxygens (including phenoxy) is 3. The molecule has 10 nitrogen and oxygen atoms in total. The van der Waals surface area contributed by atoms with Crippen LogP contribution in [0.5, 0.6) is 5.75 Å². The Balaban J connectivity index is 1.21. The lowest BCUT2D eigenvalue weighted by Gasteiger charge is -2.28. The van der Waals surface area contributed by atoms with Gasteiger partial charge in [-0.2, -0.15) is 8.42 Å². The summed E-state index contributed by atoms with van der Waals surface area (Å²) in [7, 11) is -2.51. The van der Waals surface area contributed by atoms with Gasteiger partial charge in [0.05, 0.1) is 47.0 Å². The fourth-order valence-corrected chi connectivity index (χ4v) is 5.73. The van der Waals surface area contributed by atoms with E-state index in [0.29, 0.717) is 44.8 Å². The fourth-order valence-electron chi connectivity index (χ4n) is 4.77. The van der Waals surface area contributed by atoms with Gasteiger partial charge in [0.15, 0.2) is 5.60 Å². The molecule has 4 heterocycles. The molecule has 5 aromatic rings. The molecule has 2 aromatic carbocycles. The van der Waals surface area contributed by atoms with Crippen LogP contribution in [0.25, 0.3) is 10.9 Å². The molecule has 13 heteroatoms. The van der Waals surface area contributed by atoms with Crippen LogP contribution in [0.4, 0.5) is 15.9 Å². The van der Waals surface area contributed by atoms with Gasteiger partial charge in [0.25, 0.3) is 0 Å². The van der Waals surface area contributed by atoms with E-state index in [9.17, 15) is 12.8 Å². The van der Waals surface area contributed by atoms with Crippen LogP contribution < -0.4 is 10.1 Å². The highest BCUT2D eigenvalue weighted by molar-refractivity contribution is 9.10. The van der Waals surface area contributed by atoms with Crippen LogP contribution in [0.15, 0.2) is 102 Å². The number of rotatable bonds is 11. The van der Waals surface area contributed by atoms with E-state index in [-0.39, 0.29) is 30.5 Å². The van der Waals surface area contributed by atoms with Crippen molar-refractivity contribution in [3.05, 3.63) is 125 Å². The molecule has 3 aromatic heterocycles. The average Bonchev–Trinajstić information content (AvgIpc) is 3.53. The normalized spacial score (nSPS) is 15.5. The standard InChI is InChI=1S/C32H25BrFN5O5S/c33-25-14-23(8-9-28(25)43-17-21-5-3-6-22(34)13-21)39-31-24-15-30(36-16-27(24)37-20-38-31)32(10-4-12-44-32)19-42-18-29(45(40)41)26-7-1-2-11-35-26/h1-9,11-16,20H,10,17-19H2,(H,37,38,39). The molecule has 0 radical (unpaired) electrons. The molecule has 6 rings (SSSR count). The second kappa shape index (κ2) is 13.5. The average molecular weight is 691 g/mol. The van der Waals surface area contributed by atoms with Gasteiger partial charge in [-0.1, -0.05) is 18.2 Å². The van der Waals surface area contributed by atoms with Gasteiger partial charge < -0.3 is 19.5 Å². The first-order valence-corrected chi connectivity index (χ1v) is 15.6. The third kappa shape index (κ3) is 7.00. The maximum atomic E-state index is 13.5. The van der Waals surface area contributed by atoms with Crippen molar-refractivity contribution >= 4 is 53.5 Å². The number of nitrogens with zero attached hydrogens (tertiary/aromatic N) is 4. The molecule has 0 aliphatic carbocycles. The molecule has 0 bridgehead atoms. The second-order valence-corrected chi connectivity index (χ2v) is 11.9. The Kier molecular flexibility index (Phi) is 9.10. The molecule has 228 valence electrons. The highest BCUT2D eigenvalue weighted by atomic mass is 79.9. The number of benzene rings is 2. The first-order chi connectivity index (χ1) is 21.9. The van der Waals surface area contributed by atoms with Crippen molar-refractivity contribution in [1.82, 2.24) is 19.9 Å². The predicted octanol–water partition coefficient (Wildman–Crippen LogP) is 5.89. The van der Waals surface area contributed by atoms with E-state index in [1.54, 1.807) is 48.9 Å². The van der Waals surface area contributed by atoms with Crippen LogP contribution in [-0.2, 0) is 32.0 Å². The zero-order valence-electron chi connectivity index (χ0n) is 23.6. The van der Waals surface area contributed by atoms with Crippen molar-refractivity contribution in [2.75, 3.05) is 18.5 Å². The molecule has 1 unspecified atom stereocenters. The third-order valence-electron chi connectivity index (χ3n) is 7.02. The van der Waals surface area contributed by atoms with Crippen LogP contribution in [0.2, 0.25) is 0 Å². The summed E-state index contributed by atoms with van der Waals surface area (Å²) in [5, 5.41) is 4.03. The van der Waals surface area contributed by atoms with Gasteiger partial charge in [-0.25, -0.2) is 14.4 Å². The lowest BCUT2D eigenvalue weighted by Crippen LogP contribution is -2.33. The molecule has 1 N–H and O–H groups in total. The SMILES string of the molecule is O=S(=O)=C(COCC1(c2cc3c(Nc4ccc(OCc5cccc(F)c5)c(Br)c4)ncnc3cn2)CC=CO1)c1ccccn1. The lowest BCUT2D eigenvalue weighted by atomic mass is 9.96. The van der Waals surface area contributed by atoms with Gasteiger partial charge in [-0.15, -0.1) is 0 Å². The predicted molar refractivity (Wildman–Crippen MR) is 170 cm³/mol. The topological polar surface area (TPSA) is 125 Å². The molecule has 0 fully saturated rings. The van der Waals surface area contributed by atoms with Crippen LogP contribution >= 0.6 is 15.9 Å². The minimum absolute atomic E-state index is 0.0343. The summed E-state index contributed by atoms with van der Waals surface area (Å²) in [5.74, 6) is 0.823. The summed E-state index contributed by atoms with van der Waals surface area (Å²) in [6.07, 6.45) is 8.52. The molecule has 1 atom stereocenters. The molecule has 45 heavy (non-hydrogen) atoms. The van der Waals surface area contributed by atoms with Crippen molar-refractivity contribution < 1.29 is 27.0 Å². The van der Waals surface area contributed by atoms with E-state index in [1.165, 1.54) is 24.7 Å². The quantitative estimate of drug-likeness (QED) is 0.133. The zero-order valence-corrected chi connectivity index (χ0v) is 26.0. The number of fused-ring (bicyclic) bond motifs is 1. The Labute approximate surface area is 267 Å². The lowest BCUT2D eigenvalue weighted by molar-refractivity contribution is -0.0389. The van der Waals surface area contributed by atoms with E-state index in [1.807, 2.05) is 24.3 Å². The Bertz CT molecular complexity index is 2010. The van der Waals surface area contributed by atoms with E-state index in [2.05, 4.69) is 41.2 Å². The first kappa shape index (κ1) is 30.3. The molecule has 1 aliphatic rings. The summed E-state index contributed by atoms with van der Waals surface area (Å²) >= 11 is 3.56. The van der Waals surface area contributed by atoms with Crippen LogP contribution in [-0.4, -0.2) is 46.4 Å². The molecule has 1 aliphatic heterocycles. The molecular formula is C32H25BrFN5O5S. The van der Waals surface area contributed by atoms with Gasteiger partial charge in [0, 0.05) is 23.7 Å². The van der Waals surface area contributed by atoms with Gasteiger partial charge in [0.2, 0.25) is 10.3 Å². The van der Waals surface area contributed by atoms with E-state index < -0.39 is 15.9 Å². The molecule has 0 saturated carbocycles. The van der Waals surface area contributed by atoms with Crippen LogP contribution in [0.3, 0.4) is 0 Å². The minimum Gasteiger partial charge on any atom is -0.488 e. The third-order valence-corrected chi connectivity index (χ3v) is 8.37. The summed E-state index contributed by atoms with van der Waals surface area (Å²) in [6.45, 7) is 0.0696. The van der Waals surface area contributed by atoms with E-state index in [0.717, 1.165) is 11.3 Å². The molecular weight excluding hydrogens is 665 g/mol. The van der Waals surface area contributed by atoms with Crippen molar-refractivity contribution in [3.63, 3.8) is 0 Å². The van der Waals surface area contributed by atoms with Crippen LogP contribution in [0.1, 0.15) is 23.4 Å². The molecule has 0 amide bonds. The Hall–Kier alpha value is -4.72. The monoisotopic (exact) mass is 689 g/mol. The van der Waals surface area contributed by atoms with Crippen LogP contribution in [0, 0.1) is 5.82 Å². The van der Waals surface area contributed by atoms with E-state index in [4.69, 9.17) is 14.2 Å². The maximum absolute atomic E-state index is 13.5. The molecule has 0 spiro atoms. The van der Waals surface area contributed by atoms with Crippen molar-refractivity contribution in [2.45, 2.75) is 18.6 Å². The van der Waals surface area contributed by atoms with E-state index >= 15 is 0 Å². The van der Waals surface area contributed by atoms with Crippen molar-refractivity contribution in [1.29, 1.82) is 0 Å².